The van der Waals surface area contributed by atoms with Gasteiger partial charge in [-0.05, 0) is 54.7 Å². The van der Waals surface area contributed by atoms with Crippen LogP contribution < -0.4 is 16.0 Å². The number of nitrogens with one attached hydrogen (secondary N) is 1. The molecule has 0 aliphatic carbocycles. The lowest BCUT2D eigenvalue weighted by atomic mass is 9.85. The number of benzene rings is 3. The lowest BCUT2D eigenvalue weighted by molar-refractivity contribution is -0.138. The fourth-order valence-corrected chi connectivity index (χ4v) is 5.80. The zero-order valence-corrected chi connectivity index (χ0v) is 24.1. The van der Waals surface area contributed by atoms with Crippen LogP contribution in [0.15, 0.2) is 78.9 Å². The van der Waals surface area contributed by atoms with Gasteiger partial charge in [0, 0.05) is 35.9 Å². The molecule has 0 atom stereocenters. The van der Waals surface area contributed by atoms with Gasteiger partial charge in [-0.15, -0.1) is 0 Å². The fourth-order valence-electron chi connectivity index (χ4n) is 5.62. The Morgan fingerprint density at radius 3 is 2.23 bits per heavy atom. The van der Waals surface area contributed by atoms with Crippen molar-refractivity contribution in [3.8, 4) is 0 Å². The first-order chi connectivity index (χ1) is 20.7. The highest BCUT2D eigenvalue weighted by molar-refractivity contribution is 6.31. The van der Waals surface area contributed by atoms with Crippen molar-refractivity contribution in [2.45, 2.75) is 31.3 Å². The topological polar surface area (TPSA) is 133 Å². The highest BCUT2D eigenvalue weighted by atomic mass is 35.5. The number of para-hydroxylation sites is 1. The first-order valence-electron chi connectivity index (χ1n) is 13.9. The molecule has 0 saturated carbocycles. The molecule has 221 valence electrons. The maximum absolute atomic E-state index is 13.9. The molecule has 5 rings (SSSR count). The first-order valence-corrected chi connectivity index (χ1v) is 14.3. The van der Waals surface area contributed by atoms with Gasteiger partial charge < -0.3 is 16.0 Å². The van der Waals surface area contributed by atoms with Crippen molar-refractivity contribution >= 4 is 46.9 Å². The van der Waals surface area contributed by atoms with Gasteiger partial charge in [0.05, 0.1) is 6.42 Å². The lowest BCUT2D eigenvalue weighted by Crippen LogP contribution is -2.57. The van der Waals surface area contributed by atoms with E-state index in [9.17, 15) is 24.0 Å². The minimum atomic E-state index is -1.23. The normalized spacial score (nSPS) is 16.1. The van der Waals surface area contributed by atoms with Crippen molar-refractivity contribution in [3.05, 3.63) is 107 Å². The Kier molecular flexibility index (Phi) is 8.77. The Balaban J connectivity index is 1.28. The number of hydrogen-bond donors (Lipinski definition) is 2. The lowest BCUT2D eigenvalue weighted by Gasteiger charge is -2.42. The highest BCUT2D eigenvalue weighted by Gasteiger charge is 2.59. The molecule has 3 N–H and O–H groups in total. The Bertz CT molecular complexity index is 1540. The van der Waals surface area contributed by atoms with Crippen LogP contribution in [0.25, 0.3) is 0 Å². The number of rotatable bonds is 9. The van der Waals surface area contributed by atoms with Crippen molar-refractivity contribution in [2.75, 3.05) is 24.5 Å². The van der Waals surface area contributed by atoms with Crippen molar-refractivity contribution < 1.29 is 24.0 Å². The molecular weight excluding hydrogens is 570 g/mol. The molecule has 2 fully saturated rings. The summed E-state index contributed by atoms with van der Waals surface area (Å²) < 4.78 is 0. The molecule has 1 radical (unpaired) electrons. The Morgan fingerprint density at radius 2 is 1.58 bits per heavy atom. The molecule has 43 heavy (non-hydrogen) atoms. The van der Waals surface area contributed by atoms with E-state index in [2.05, 4.69) is 5.32 Å². The maximum Gasteiger partial charge on any atom is 0.332 e. The third-order valence-corrected chi connectivity index (χ3v) is 8.11. The second kappa shape index (κ2) is 12.7. The van der Waals surface area contributed by atoms with Gasteiger partial charge in [-0.3, -0.25) is 29.0 Å². The van der Waals surface area contributed by atoms with Gasteiger partial charge in [0.15, 0.2) is 0 Å². The molecule has 2 aliphatic rings. The summed E-state index contributed by atoms with van der Waals surface area (Å²) in [5.41, 5.74) is 6.50. The number of amides is 6. The summed E-state index contributed by atoms with van der Waals surface area (Å²) in [5.74, 6) is -1.81. The van der Waals surface area contributed by atoms with Crippen LogP contribution in [0.4, 0.5) is 10.5 Å². The summed E-state index contributed by atoms with van der Waals surface area (Å²) in [6.07, 6.45) is 2.03. The van der Waals surface area contributed by atoms with Gasteiger partial charge in [-0.2, -0.15) is 0 Å². The van der Waals surface area contributed by atoms with E-state index in [1.165, 1.54) is 17.4 Å². The number of nitrogens with two attached hydrogens (primary N) is 1. The molecular formula is C32H31ClN5O5. The number of likely N-dealkylation sites (tertiary alicyclic amines) is 1. The number of primary amides is 1. The number of carbonyl (C=O) groups excluding carboxylic acids is 5. The summed E-state index contributed by atoms with van der Waals surface area (Å²) in [7, 11) is 0. The van der Waals surface area contributed by atoms with Crippen LogP contribution in [0.1, 0.15) is 34.3 Å². The molecule has 2 saturated heterocycles. The molecule has 1 spiro atoms. The minimum absolute atomic E-state index is 0.176. The number of nitrogens with zero attached hydrogens (tertiary/aromatic N) is 3. The van der Waals surface area contributed by atoms with E-state index in [0.717, 1.165) is 10.5 Å². The second-order valence-electron chi connectivity index (χ2n) is 10.5. The standard InChI is InChI=1S/C32H31ClN5O5/c33-24-13-11-23(26(19-24)29(34)41)12-14-28(40)36-17-15-32(16-18-36)30(42)37(31(43)38(32)25-9-5-2-6-10-25)21-27(39)35-20-22-7-3-1-4-8-22/h1-11,13-14,19H,12,15-18,20-21H2,(H2,34,41)(H,35,39). The van der Waals surface area contributed by atoms with E-state index >= 15 is 0 Å². The summed E-state index contributed by atoms with van der Waals surface area (Å²) in [5, 5.41) is 3.15. The second-order valence-corrected chi connectivity index (χ2v) is 11.0. The van der Waals surface area contributed by atoms with Gasteiger partial charge in [0.1, 0.15) is 12.1 Å². The maximum atomic E-state index is 13.9. The van der Waals surface area contributed by atoms with Crippen molar-refractivity contribution in [1.29, 1.82) is 0 Å². The average Bonchev–Trinajstić information content (AvgIpc) is 3.21. The molecule has 0 aromatic heterocycles. The van der Waals surface area contributed by atoms with Gasteiger partial charge in [-0.1, -0.05) is 66.2 Å². The summed E-state index contributed by atoms with van der Waals surface area (Å²) in [6, 6.07) is 22.4. The predicted octanol–water partition coefficient (Wildman–Crippen LogP) is 3.33. The van der Waals surface area contributed by atoms with Gasteiger partial charge in [-0.25, -0.2) is 4.79 Å². The zero-order valence-electron chi connectivity index (χ0n) is 23.4. The highest BCUT2D eigenvalue weighted by Crippen LogP contribution is 2.40. The average molecular weight is 601 g/mol. The summed E-state index contributed by atoms with van der Waals surface area (Å²) in [4.78, 5) is 69.5. The van der Waals surface area contributed by atoms with Crippen LogP contribution in [0, 0.1) is 6.42 Å². The van der Waals surface area contributed by atoms with Crippen LogP contribution in [0.3, 0.4) is 0 Å². The monoisotopic (exact) mass is 600 g/mol. The van der Waals surface area contributed by atoms with E-state index in [4.69, 9.17) is 17.3 Å². The third kappa shape index (κ3) is 6.24. The minimum Gasteiger partial charge on any atom is -0.366 e. The molecule has 3 aromatic carbocycles. The third-order valence-electron chi connectivity index (χ3n) is 7.88. The molecule has 6 amide bonds. The van der Waals surface area contributed by atoms with E-state index < -0.39 is 35.8 Å². The predicted molar refractivity (Wildman–Crippen MR) is 161 cm³/mol. The number of carbonyl (C=O) groups is 5. The van der Waals surface area contributed by atoms with Crippen molar-refractivity contribution in [3.63, 3.8) is 0 Å². The van der Waals surface area contributed by atoms with Gasteiger partial charge >= 0.3 is 6.03 Å². The first kappa shape index (κ1) is 29.8. The molecule has 10 nitrogen and oxygen atoms in total. The largest absolute Gasteiger partial charge is 0.366 e. The van der Waals surface area contributed by atoms with Crippen LogP contribution >= 0.6 is 11.6 Å². The Morgan fingerprint density at radius 1 is 0.930 bits per heavy atom. The number of urea groups is 1. The number of imide groups is 1. The Hall–Kier alpha value is -4.70. The SMILES string of the molecule is NC(=O)c1cc(Cl)ccc1C[CH]C(=O)N1CCC2(CC1)C(=O)N(CC(=O)NCc1ccccc1)C(=O)N2c1ccccc1. The van der Waals surface area contributed by atoms with Gasteiger partial charge in [0.25, 0.3) is 5.91 Å². The molecule has 3 aromatic rings. The van der Waals surface area contributed by atoms with E-state index in [1.54, 1.807) is 41.3 Å². The van der Waals surface area contributed by atoms with Crippen LogP contribution in [0.2, 0.25) is 5.02 Å². The summed E-state index contributed by atoms with van der Waals surface area (Å²) >= 11 is 5.99. The van der Waals surface area contributed by atoms with E-state index in [0.29, 0.717) is 16.3 Å². The zero-order chi connectivity index (χ0) is 30.6. The van der Waals surface area contributed by atoms with Crippen molar-refractivity contribution in [1.82, 2.24) is 15.1 Å². The van der Waals surface area contributed by atoms with Crippen LogP contribution in [-0.2, 0) is 27.3 Å². The molecule has 2 heterocycles. The fraction of sp³-hybridized carbons (Fsp3) is 0.250. The van der Waals surface area contributed by atoms with E-state index in [-0.39, 0.29) is 50.4 Å². The Labute approximate surface area is 254 Å². The molecule has 0 unspecified atom stereocenters. The molecule has 11 heteroatoms. The van der Waals surface area contributed by atoms with Gasteiger partial charge in [0.2, 0.25) is 17.7 Å². The smallest absolute Gasteiger partial charge is 0.332 e. The van der Waals surface area contributed by atoms with Crippen LogP contribution in [0.5, 0.6) is 0 Å². The number of hydrogen-bond acceptors (Lipinski definition) is 5. The number of halogens is 1. The summed E-state index contributed by atoms with van der Waals surface area (Å²) in [6.45, 7) is 0.299. The van der Waals surface area contributed by atoms with Crippen LogP contribution in [-0.4, -0.2) is 64.6 Å². The molecule has 2 aliphatic heterocycles. The quantitative estimate of drug-likeness (QED) is 0.364. The number of piperidine rings is 1. The number of anilines is 1. The van der Waals surface area contributed by atoms with E-state index in [1.807, 2.05) is 36.4 Å². The molecule has 0 bridgehead atoms. The van der Waals surface area contributed by atoms with Crippen molar-refractivity contribution in [2.24, 2.45) is 5.73 Å².